The highest BCUT2D eigenvalue weighted by Crippen LogP contribution is 2.17. The summed E-state index contributed by atoms with van der Waals surface area (Å²) in [5, 5.41) is 24.9. The minimum atomic E-state index is 0.195. The van der Waals surface area contributed by atoms with Crippen LogP contribution in [0.4, 0.5) is 0 Å². The summed E-state index contributed by atoms with van der Waals surface area (Å²) in [6.45, 7) is 2.18. The predicted molar refractivity (Wildman–Crippen MR) is 55.6 cm³/mol. The second-order valence-electron chi connectivity index (χ2n) is 3.30. The van der Waals surface area contributed by atoms with Gasteiger partial charge in [-0.3, -0.25) is 0 Å². The summed E-state index contributed by atoms with van der Waals surface area (Å²) in [5.74, 6) is 1.10. The molecular formula is C8H11N5OS. The van der Waals surface area contributed by atoms with Crippen molar-refractivity contribution in [2.45, 2.75) is 11.9 Å². The molecule has 0 amide bonds. The normalized spacial score (nSPS) is 13.2. The minimum Gasteiger partial charge on any atom is -0.396 e. The molecule has 0 fully saturated rings. The van der Waals surface area contributed by atoms with E-state index in [-0.39, 0.29) is 12.5 Å². The van der Waals surface area contributed by atoms with Crippen LogP contribution in [0, 0.1) is 5.92 Å². The second kappa shape index (κ2) is 4.54. The Morgan fingerprint density at radius 3 is 3.20 bits per heavy atom. The number of aromatic nitrogens is 5. The maximum Gasteiger partial charge on any atom is 0.200 e. The first kappa shape index (κ1) is 10.3. The van der Waals surface area contributed by atoms with Crippen LogP contribution in [0.25, 0.3) is 5.65 Å². The second-order valence-corrected chi connectivity index (χ2v) is 4.34. The van der Waals surface area contributed by atoms with Crippen LogP contribution in [0.2, 0.25) is 0 Å². The molecule has 0 saturated carbocycles. The Kier molecular flexibility index (Phi) is 3.12. The van der Waals surface area contributed by atoms with E-state index in [0.717, 1.165) is 10.8 Å². The number of fused-ring (bicyclic) bond motifs is 1. The molecule has 0 spiro atoms. The van der Waals surface area contributed by atoms with Gasteiger partial charge in [-0.15, -0.1) is 26.6 Å². The van der Waals surface area contributed by atoms with Gasteiger partial charge < -0.3 is 5.11 Å². The molecule has 2 aromatic rings. The minimum absolute atomic E-state index is 0.195. The van der Waals surface area contributed by atoms with Crippen molar-refractivity contribution in [1.29, 1.82) is 0 Å². The quantitative estimate of drug-likeness (QED) is 0.751. The van der Waals surface area contributed by atoms with E-state index in [1.54, 1.807) is 11.8 Å². The van der Waals surface area contributed by atoms with Gasteiger partial charge in [-0.25, -0.2) is 0 Å². The van der Waals surface area contributed by atoms with Crippen LogP contribution in [0.3, 0.4) is 0 Å². The molecule has 2 heterocycles. The zero-order valence-electron chi connectivity index (χ0n) is 8.24. The first-order chi connectivity index (χ1) is 7.29. The van der Waals surface area contributed by atoms with E-state index in [2.05, 4.69) is 20.6 Å². The third kappa shape index (κ3) is 2.42. The molecule has 0 aliphatic heterocycles. The van der Waals surface area contributed by atoms with Crippen LogP contribution in [0.1, 0.15) is 6.92 Å². The zero-order valence-corrected chi connectivity index (χ0v) is 9.05. The summed E-state index contributed by atoms with van der Waals surface area (Å²) in [6.07, 6.45) is 0. The van der Waals surface area contributed by atoms with Crippen LogP contribution < -0.4 is 0 Å². The lowest BCUT2D eigenvalue weighted by molar-refractivity contribution is 0.250. The molecule has 1 atom stereocenters. The monoisotopic (exact) mass is 225 g/mol. The van der Waals surface area contributed by atoms with Crippen LogP contribution in [-0.4, -0.2) is 42.7 Å². The van der Waals surface area contributed by atoms with Gasteiger partial charge in [0.2, 0.25) is 0 Å². The van der Waals surface area contributed by atoms with Gasteiger partial charge in [0.25, 0.3) is 0 Å². The molecular weight excluding hydrogens is 214 g/mol. The fourth-order valence-electron chi connectivity index (χ4n) is 0.991. The van der Waals surface area contributed by atoms with Crippen molar-refractivity contribution in [1.82, 2.24) is 25.3 Å². The third-order valence-corrected chi connectivity index (χ3v) is 3.12. The Labute approximate surface area is 90.7 Å². The fraction of sp³-hybridized carbons (Fsp3) is 0.500. The summed E-state index contributed by atoms with van der Waals surface area (Å²) < 4.78 is 1.39. The van der Waals surface area contributed by atoms with Crippen molar-refractivity contribution in [3.05, 3.63) is 12.1 Å². The predicted octanol–water partition coefficient (Wildman–Crippen LogP) is 0.240. The average molecular weight is 225 g/mol. The number of aliphatic hydroxyl groups is 1. The number of hydrogen-bond acceptors (Lipinski definition) is 6. The Morgan fingerprint density at radius 2 is 2.40 bits per heavy atom. The summed E-state index contributed by atoms with van der Waals surface area (Å²) in [7, 11) is 0. The number of thioether (sulfide) groups is 1. The van der Waals surface area contributed by atoms with Crippen molar-refractivity contribution in [2.75, 3.05) is 12.4 Å². The highest BCUT2D eigenvalue weighted by Gasteiger charge is 2.04. The smallest absolute Gasteiger partial charge is 0.200 e. The molecule has 0 aliphatic carbocycles. The van der Waals surface area contributed by atoms with Gasteiger partial charge in [-0.05, 0) is 28.5 Å². The number of hydrogen-bond donors (Lipinski definition) is 1. The van der Waals surface area contributed by atoms with E-state index in [4.69, 9.17) is 5.11 Å². The number of nitrogens with zero attached hydrogens (tertiary/aromatic N) is 5. The molecule has 2 rings (SSSR count). The highest BCUT2D eigenvalue weighted by molar-refractivity contribution is 7.99. The van der Waals surface area contributed by atoms with Gasteiger partial charge in [-0.1, -0.05) is 6.92 Å². The number of tetrazole rings is 1. The molecule has 15 heavy (non-hydrogen) atoms. The van der Waals surface area contributed by atoms with E-state index < -0.39 is 0 Å². The molecule has 0 aliphatic rings. The van der Waals surface area contributed by atoms with Gasteiger partial charge >= 0.3 is 0 Å². The van der Waals surface area contributed by atoms with Gasteiger partial charge in [0.1, 0.15) is 5.03 Å². The molecule has 6 nitrogen and oxygen atoms in total. The maximum atomic E-state index is 8.88. The van der Waals surface area contributed by atoms with Gasteiger partial charge in [0.15, 0.2) is 5.65 Å². The molecule has 0 saturated heterocycles. The first-order valence-electron chi connectivity index (χ1n) is 4.58. The molecule has 0 aromatic carbocycles. The Balaban J connectivity index is 2.08. The van der Waals surface area contributed by atoms with Crippen molar-refractivity contribution in [3.63, 3.8) is 0 Å². The number of aliphatic hydroxyl groups excluding tert-OH is 1. The van der Waals surface area contributed by atoms with Crippen molar-refractivity contribution >= 4 is 17.4 Å². The SMILES string of the molecule is CC(CO)CSc1ccc2nnnn2n1. The molecule has 80 valence electrons. The van der Waals surface area contributed by atoms with Crippen molar-refractivity contribution in [3.8, 4) is 0 Å². The van der Waals surface area contributed by atoms with Gasteiger partial charge in [0.05, 0.1) is 0 Å². The average Bonchev–Trinajstić information content (AvgIpc) is 2.72. The Hall–Kier alpha value is -1.21. The Morgan fingerprint density at radius 1 is 1.53 bits per heavy atom. The summed E-state index contributed by atoms with van der Waals surface area (Å²) >= 11 is 1.58. The largest absolute Gasteiger partial charge is 0.396 e. The first-order valence-corrected chi connectivity index (χ1v) is 5.57. The molecule has 0 bridgehead atoms. The van der Waals surface area contributed by atoms with Crippen molar-refractivity contribution in [2.24, 2.45) is 5.92 Å². The maximum absolute atomic E-state index is 8.88. The fourth-order valence-corrected chi connectivity index (χ4v) is 1.85. The molecule has 1 unspecified atom stereocenters. The molecule has 0 radical (unpaired) electrons. The topological polar surface area (TPSA) is 76.2 Å². The lowest BCUT2D eigenvalue weighted by atomic mass is 10.2. The van der Waals surface area contributed by atoms with E-state index in [0.29, 0.717) is 5.65 Å². The summed E-state index contributed by atoms with van der Waals surface area (Å²) in [5.41, 5.74) is 0.634. The summed E-state index contributed by atoms with van der Waals surface area (Å²) in [6, 6.07) is 3.69. The molecule has 1 N–H and O–H groups in total. The zero-order chi connectivity index (χ0) is 10.7. The number of rotatable bonds is 4. The standard InChI is InChI=1S/C8H11N5OS/c1-6(4-14)5-15-8-3-2-7-9-11-12-13(7)10-8/h2-3,6,14H,4-5H2,1H3. The van der Waals surface area contributed by atoms with Gasteiger partial charge in [0, 0.05) is 12.4 Å². The lowest BCUT2D eigenvalue weighted by Crippen LogP contribution is -2.04. The van der Waals surface area contributed by atoms with E-state index in [1.807, 2.05) is 19.1 Å². The van der Waals surface area contributed by atoms with Crippen molar-refractivity contribution < 1.29 is 5.11 Å². The van der Waals surface area contributed by atoms with E-state index >= 15 is 0 Å². The van der Waals surface area contributed by atoms with Crippen LogP contribution in [0.15, 0.2) is 17.2 Å². The summed E-state index contributed by atoms with van der Waals surface area (Å²) in [4.78, 5) is 0. The lowest BCUT2D eigenvalue weighted by Gasteiger charge is -2.05. The third-order valence-electron chi connectivity index (χ3n) is 1.87. The Bertz CT molecular complexity index is 445. The molecule has 2 aromatic heterocycles. The molecule has 7 heteroatoms. The van der Waals surface area contributed by atoms with E-state index in [1.165, 1.54) is 4.63 Å². The van der Waals surface area contributed by atoms with Gasteiger partial charge in [-0.2, -0.15) is 0 Å². The van der Waals surface area contributed by atoms with Crippen LogP contribution in [0.5, 0.6) is 0 Å². The van der Waals surface area contributed by atoms with E-state index in [9.17, 15) is 0 Å². The highest BCUT2D eigenvalue weighted by atomic mass is 32.2. The van der Waals surface area contributed by atoms with Crippen LogP contribution >= 0.6 is 11.8 Å². The van der Waals surface area contributed by atoms with Crippen LogP contribution in [-0.2, 0) is 0 Å².